The van der Waals surface area contributed by atoms with Gasteiger partial charge in [-0.05, 0) is 64.7 Å². The molecular weight excluding hydrogens is 258 g/mol. The molecule has 21 heavy (non-hydrogen) atoms. The number of phenolic OH excluding ortho intramolecular Hbond substituents is 1. The van der Waals surface area contributed by atoms with E-state index in [9.17, 15) is 5.11 Å². The lowest BCUT2D eigenvalue weighted by atomic mass is 9.94. The zero-order valence-corrected chi connectivity index (χ0v) is 14.5. The van der Waals surface area contributed by atoms with Crippen LogP contribution in [0.5, 0.6) is 5.75 Å². The second-order valence-electron chi connectivity index (χ2n) is 6.15. The van der Waals surface area contributed by atoms with Gasteiger partial charge in [0.2, 0.25) is 0 Å². The van der Waals surface area contributed by atoms with Gasteiger partial charge >= 0.3 is 0 Å². The number of allylic oxidation sites excluding steroid dienone is 1. The number of benzene rings is 1. The molecule has 0 fully saturated rings. The van der Waals surface area contributed by atoms with Crippen molar-refractivity contribution >= 4 is 5.57 Å². The molecule has 0 saturated heterocycles. The Balaban J connectivity index is 2.96. The minimum absolute atomic E-state index is 0.406. The zero-order chi connectivity index (χ0) is 16.0. The van der Waals surface area contributed by atoms with Crippen LogP contribution in [0.25, 0.3) is 5.57 Å². The van der Waals surface area contributed by atoms with E-state index >= 15 is 0 Å². The molecule has 118 valence electrons. The van der Waals surface area contributed by atoms with Crippen LogP contribution in [0.4, 0.5) is 0 Å². The van der Waals surface area contributed by atoms with Gasteiger partial charge in [0, 0.05) is 24.2 Å². The molecule has 0 saturated carbocycles. The molecule has 0 spiro atoms. The SMILES string of the molecule is C/C=C(/CCN(C(C)C)C(C)C)c1c(O)cccc1CC. The van der Waals surface area contributed by atoms with Crippen LogP contribution in [0.15, 0.2) is 24.3 Å². The highest BCUT2D eigenvalue weighted by atomic mass is 16.3. The van der Waals surface area contributed by atoms with Gasteiger partial charge < -0.3 is 5.11 Å². The molecule has 0 unspecified atom stereocenters. The predicted molar refractivity (Wildman–Crippen MR) is 92.7 cm³/mol. The molecule has 0 atom stereocenters. The van der Waals surface area contributed by atoms with Crippen LogP contribution in [-0.4, -0.2) is 28.6 Å². The maximum atomic E-state index is 10.3. The molecule has 1 N–H and O–H groups in total. The third-order valence-electron chi connectivity index (χ3n) is 4.15. The summed E-state index contributed by atoms with van der Waals surface area (Å²) in [5.41, 5.74) is 3.51. The van der Waals surface area contributed by atoms with Crippen molar-refractivity contribution in [2.45, 2.75) is 66.5 Å². The Kier molecular flexibility index (Phi) is 6.97. The topological polar surface area (TPSA) is 23.5 Å². The quantitative estimate of drug-likeness (QED) is 0.774. The number of hydrogen-bond donors (Lipinski definition) is 1. The fourth-order valence-corrected chi connectivity index (χ4v) is 3.03. The molecule has 0 aliphatic rings. The second kappa shape index (κ2) is 8.23. The second-order valence-corrected chi connectivity index (χ2v) is 6.15. The Morgan fingerprint density at radius 2 is 1.81 bits per heavy atom. The normalized spacial score (nSPS) is 12.7. The van der Waals surface area contributed by atoms with Crippen molar-refractivity contribution < 1.29 is 5.11 Å². The summed E-state index contributed by atoms with van der Waals surface area (Å²) in [4.78, 5) is 2.50. The van der Waals surface area contributed by atoms with Gasteiger partial charge in [0.1, 0.15) is 5.75 Å². The van der Waals surface area contributed by atoms with Gasteiger partial charge in [0.05, 0.1) is 0 Å². The fraction of sp³-hybridized carbons (Fsp3) is 0.579. The first-order valence-electron chi connectivity index (χ1n) is 8.14. The number of hydrogen-bond acceptors (Lipinski definition) is 2. The Hall–Kier alpha value is -1.28. The molecule has 0 aliphatic carbocycles. The minimum Gasteiger partial charge on any atom is -0.507 e. The largest absolute Gasteiger partial charge is 0.507 e. The van der Waals surface area contributed by atoms with Crippen LogP contribution >= 0.6 is 0 Å². The Labute approximate surface area is 130 Å². The highest BCUT2D eigenvalue weighted by Gasteiger charge is 2.16. The monoisotopic (exact) mass is 289 g/mol. The molecule has 1 aromatic rings. The molecule has 2 nitrogen and oxygen atoms in total. The molecule has 2 heteroatoms. The van der Waals surface area contributed by atoms with E-state index in [4.69, 9.17) is 0 Å². The van der Waals surface area contributed by atoms with Crippen LogP contribution in [0.1, 0.15) is 59.1 Å². The van der Waals surface area contributed by atoms with Crippen molar-refractivity contribution in [1.82, 2.24) is 4.90 Å². The molecular formula is C19H31NO. The number of aromatic hydroxyl groups is 1. The summed E-state index contributed by atoms with van der Waals surface area (Å²) in [6.45, 7) is 14.2. The van der Waals surface area contributed by atoms with Crippen molar-refractivity contribution in [3.05, 3.63) is 35.4 Å². The number of rotatable bonds is 7. The van der Waals surface area contributed by atoms with E-state index in [0.717, 1.165) is 24.9 Å². The third kappa shape index (κ3) is 4.60. The summed E-state index contributed by atoms with van der Waals surface area (Å²) in [6.07, 6.45) is 4.06. The van der Waals surface area contributed by atoms with Crippen molar-refractivity contribution in [2.75, 3.05) is 6.54 Å². The number of phenols is 1. The Morgan fingerprint density at radius 1 is 1.19 bits per heavy atom. The fourth-order valence-electron chi connectivity index (χ4n) is 3.03. The van der Waals surface area contributed by atoms with E-state index in [1.54, 1.807) is 6.07 Å². The van der Waals surface area contributed by atoms with E-state index in [0.29, 0.717) is 17.8 Å². The van der Waals surface area contributed by atoms with E-state index in [2.05, 4.69) is 58.6 Å². The van der Waals surface area contributed by atoms with Crippen molar-refractivity contribution in [2.24, 2.45) is 0 Å². The van der Waals surface area contributed by atoms with E-state index in [1.807, 2.05) is 6.07 Å². The summed E-state index contributed by atoms with van der Waals surface area (Å²) >= 11 is 0. The molecule has 1 rings (SSSR count). The maximum absolute atomic E-state index is 10.3. The summed E-state index contributed by atoms with van der Waals surface area (Å²) in [5.74, 6) is 0.406. The third-order valence-corrected chi connectivity index (χ3v) is 4.15. The lowest BCUT2D eigenvalue weighted by Crippen LogP contribution is -2.37. The summed E-state index contributed by atoms with van der Waals surface area (Å²) in [6, 6.07) is 6.91. The van der Waals surface area contributed by atoms with Crippen LogP contribution in [-0.2, 0) is 6.42 Å². The summed E-state index contributed by atoms with van der Waals surface area (Å²) < 4.78 is 0. The molecule has 0 amide bonds. The Bertz CT molecular complexity index is 466. The number of aryl methyl sites for hydroxylation is 1. The van der Waals surface area contributed by atoms with Gasteiger partial charge in [-0.15, -0.1) is 0 Å². The van der Waals surface area contributed by atoms with Crippen LogP contribution in [0.3, 0.4) is 0 Å². The Morgan fingerprint density at radius 3 is 2.29 bits per heavy atom. The lowest BCUT2D eigenvalue weighted by Gasteiger charge is -2.31. The highest BCUT2D eigenvalue weighted by molar-refractivity contribution is 5.73. The zero-order valence-electron chi connectivity index (χ0n) is 14.5. The van der Waals surface area contributed by atoms with Crippen LogP contribution in [0.2, 0.25) is 0 Å². The van der Waals surface area contributed by atoms with Gasteiger partial charge in [-0.2, -0.15) is 0 Å². The maximum Gasteiger partial charge on any atom is 0.123 e. The average molecular weight is 289 g/mol. The molecule has 0 aromatic heterocycles. The smallest absolute Gasteiger partial charge is 0.123 e. The van der Waals surface area contributed by atoms with Crippen LogP contribution < -0.4 is 0 Å². The first-order chi connectivity index (χ1) is 9.92. The van der Waals surface area contributed by atoms with Gasteiger partial charge in [-0.1, -0.05) is 25.1 Å². The molecule has 1 aromatic carbocycles. The van der Waals surface area contributed by atoms with Crippen molar-refractivity contribution in [3.63, 3.8) is 0 Å². The standard InChI is InChI=1S/C19H31NO/c1-7-16-10-9-11-18(21)19(16)17(8-2)12-13-20(14(3)4)15(5)6/h8-11,14-15,21H,7,12-13H2,1-6H3/b17-8-. The molecule has 0 radical (unpaired) electrons. The predicted octanol–water partition coefficient (Wildman–Crippen LogP) is 4.87. The summed E-state index contributed by atoms with van der Waals surface area (Å²) in [5, 5.41) is 10.3. The molecule has 0 bridgehead atoms. The number of nitrogens with zero attached hydrogens (tertiary/aromatic N) is 1. The van der Waals surface area contributed by atoms with Crippen molar-refractivity contribution in [1.29, 1.82) is 0 Å². The molecule has 0 aliphatic heterocycles. The lowest BCUT2D eigenvalue weighted by molar-refractivity contribution is 0.179. The van der Waals surface area contributed by atoms with Gasteiger partial charge in [-0.25, -0.2) is 0 Å². The summed E-state index contributed by atoms with van der Waals surface area (Å²) in [7, 11) is 0. The minimum atomic E-state index is 0.406. The first kappa shape index (κ1) is 17.8. The van der Waals surface area contributed by atoms with Gasteiger partial charge in [0.25, 0.3) is 0 Å². The first-order valence-corrected chi connectivity index (χ1v) is 8.14. The van der Waals surface area contributed by atoms with Crippen LogP contribution in [0, 0.1) is 0 Å². The van der Waals surface area contributed by atoms with E-state index in [-0.39, 0.29) is 0 Å². The average Bonchev–Trinajstić information content (AvgIpc) is 2.43. The van der Waals surface area contributed by atoms with Gasteiger partial charge in [0.15, 0.2) is 0 Å². The molecule has 0 heterocycles. The van der Waals surface area contributed by atoms with Crippen molar-refractivity contribution in [3.8, 4) is 5.75 Å². The highest BCUT2D eigenvalue weighted by Crippen LogP contribution is 2.31. The van der Waals surface area contributed by atoms with E-state index in [1.165, 1.54) is 11.1 Å². The van der Waals surface area contributed by atoms with Gasteiger partial charge in [-0.3, -0.25) is 4.90 Å². The van der Waals surface area contributed by atoms with E-state index < -0.39 is 0 Å².